The zero-order valence-corrected chi connectivity index (χ0v) is 15.2. The highest BCUT2D eigenvalue weighted by Gasteiger charge is 2.39. The lowest BCUT2D eigenvalue weighted by molar-refractivity contribution is -0.707. The molecule has 2 amide bonds. The summed E-state index contributed by atoms with van der Waals surface area (Å²) in [4.78, 5) is 41.2. The van der Waals surface area contributed by atoms with Crippen molar-refractivity contribution in [2.45, 2.75) is 38.8 Å². The fourth-order valence-electron chi connectivity index (χ4n) is 2.64. The summed E-state index contributed by atoms with van der Waals surface area (Å²) in [6.07, 6.45) is 0.864. The van der Waals surface area contributed by atoms with E-state index < -0.39 is 24.0 Å². The average molecular weight is 378 g/mol. The minimum atomic E-state index is -1.04. The standard InChI is InChI=1S/C17H22N4O6/c1-12(20-16(24)13-8-5-6-9-14(13)17(20)25)27-18-21(26)19(2)11-7-3-4-10-15(22)23/h5-6,8-9,12H,3-4,7,10-11H2,1-2H3,(H,22,23). The van der Waals surface area contributed by atoms with E-state index in [0.717, 1.165) is 4.90 Å². The second kappa shape index (κ2) is 8.97. The summed E-state index contributed by atoms with van der Waals surface area (Å²) >= 11 is 0. The van der Waals surface area contributed by atoms with Gasteiger partial charge in [-0.2, -0.15) is 0 Å². The number of amides is 2. The number of fused-ring (bicyclic) bond motifs is 1. The van der Waals surface area contributed by atoms with Crippen LogP contribution in [0.1, 0.15) is 53.3 Å². The van der Waals surface area contributed by atoms with Gasteiger partial charge in [0.05, 0.1) is 29.7 Å². The van der Waals surface area contributed by atoms with Crippen LogP contribution < -0.4 is 0 Å². The molecular formula is C17H22N4O6. The van der Waals surface area contributed by atoms with Gasteiger partial charge in [-0.25, -0.2) is 4.90 Å². The molecule has 1 aromatic rings. The van der Waals surface area contributed by atoms with Crippen molar-refractivity contribution in [3.05, 3.63) is 40.6 Å². The quantitative estimate of drug-likeness (QED) is 0.217. The van der Waals surface area contributed by atoms with Gasteiger partial charge in [0.25, 0.3) is 11.8 Å². The van der Waals surface area contributed by atoms with Gasteiger partial charge in [0.1, 0.15) is 0 Å². The number of imide groups is 1. The first-order chi connectivity index (χ1) is 12.8. The van der Waals surface area contributed by atoms with E-state index in [1.807, 2.05) is 0 Å². The van der Waals surface area contributed by atoms with Crippen LogP contribution in [0.5, 0.6) is 0 Å². The number of hydrazine groups is 1. The minimum Gasteiger partial charge on any atom is -0.569 e. The summed E-state index contributed by atoms with van der Waals surface area (Å²) in [5.74, 6) is -1.84. The molecule has 0 spiro atoms. The number of nitrogens with zero attached hydrogens (tertiary/aromatic N) is 4. The first kappa shape index (κ1) is 20.1. The van der Waals surface area contributed by atoms with Crippen LogP contribution in [0.2, 0.25) is 0 Å². The number of hydrogen-bond acceptors (Lipinski definition) is 6. The van der Waals surface area contributed by atoms with E-state index in [1.54, 1.807) is 24.3 Å². The molecule has 27 heavy (non-hydrogen) atoms. The smallest absolute Gasteiger partial charge is 0.303 e. The molecule has 0 aliphatic carbocycles. The maximum atomic E-state index is 12.3. The summed E-state index contributed by atoms with van der Waals surface area (Å²) in [6, 6.07) is 6.43. The Bertz CT molecular complexity index is 716. The molecule has 2 rings (SSSR count). The van der Waals surface area contributed by atoms with Gasteiger partial charge in [-0.3, -0.25) is 14.4 Å². The summed E-state index contributed by atoms with van der Waals surface area (Å²) < 4.78 is 0. The highest BCUT2D eigenvalue weighted by molar-refractivity contribution is 6.21. The maximum absolute atomic E-state index is 12.3. The van der Waals surface area contributed by atoms with Gasteiger partial charge in [-0.1, -0.05) is 18.6 Å². The number of hydrogen-bond donors (Lipinski definition) is 1. The predicted octanol–water partition coefficient (Wildman–Crippen LogP) is 2.01. The molecule has 0 aromatic heterocycles. The van der Waals surface area contributed by atoms with E-state index >= 15 is 0 Å². The zero-order valence-electron chi connectivity index (χ0n) is 15.2. The Kier molecular flexibility index (Phi) is 6.69. The van der Waals surface area contributed by atoms with Crippen molar-refractivity contribution in [1.82, 2.24) is 9.91 Å². The van der Waals surface area contributed by atoms with Crippen molar-refractivity contribution < 1.29 is 29.3 Å². The molecule has 0 bridgehead atoms. The number of unbranched alkanes of at least 4 members (excludes halogenated alkanes) is 2. The Morgan fingerprint density at radius 3 is 2.41 bits per heavy atom. The molecule has 0 saturated carbocycles. The monoisotopic (exact) mass is 378 g/mol. The lowest BCUT2D eigenvalue weighted by atomic mass is 10.1. The van der Waals surface area contributed by atoms with Crippen LogP contribution in [-0.4, -0.2) is 57.6 Å². The summed E-state index contributed by atoms with van der Waals surface area (Å²) in [5, 5.41) is 25.1. The Labute approximate surface area is 156 Å². The van der Waals surface area contributed by atoms with Crippen LogP contribution in [0.3, 0.4) is 0 Å². The molecule has 1 atom stereocenters. The van der Waals surface area contributed by atoms with Crippen LogP contribution in [0, 0.1) is 5.21 Å². The molecule has 1 unspecified atom stereocenters. The first-order valence-electron chi connectivity index (χ1n) is 8.56. The second-order valence-corrected chi connectivity index (χ2v) is 6.15. The van der Waals surface area contributed by atoms with E-state index in [9.17, 15) is 19.6 Å². The highest BCUT2D eigenvalue weighted by atomic mass is 16.7. The van der Waals surface area contributed by atoms with Crippen molar-refractivity contribution in [3.63, 3.8) is 0 Å². The molecule has 0 radical (unpaired) electrons. The third kappa shape index (κ3) is 4.93. The largest absolute Gasteiger partial charge is 0.569 e. The molecule has 1 aliphatic heterocycles. The van der Waals surface area contributed by atoms with Gasteiger partial charge in [-0.15, -0.1) is 5.01 Å². The van der Waals surface area contributed by atoms with Crippen molar-refractivity contribution in [3.8, 4) is 0 Å². The third-order valence-electron chi connectivity index (χ3n) is 4.12. The fourth-order valence-corrected chi connectivity index (χ4v) is 2.64. The molecule has 1 N–H and O–H groups in total. The van der Waals surface area contributed by atoms with E-state index in [4.69, 9.17) is 9.94 Å². The van der Waals surface area contributed by atoms with E-state index in [0.29, 0.717) is 25.8 Å². The van der Waals surface area contributed by atoms with E-state index in [2.05, 4.69) is 5.28 Å². The molecule has 0 saturated heterocycles. The molecule has 1 heterocycles. The van der Waals surface area contributed by atoms with Crippen LogP contribution in [-0.2, 0) is 9.63 Å². The topological polar surface area (TPSA) is 126 Å². The SMILES string of the molecule is CC(ON=[N+]([O-])N(C)CCCCCC(=O)O)N1C(=O)c2ccccc2C1=O. The molecule has 1 aliphatic rings. The van der Waals surface area contributed by atoms with Gasteiger partial charge in [0, 0.05) is 6.42 Å². The van der Waals surface area contributed by atoms with Gasteiger partial charge in [0.2, 0.25) is 11.5 Å². The zero-order chi connectivity index (χ0) is 20.0. The fraction of sp³-hybridized carbons (Fsp3) is 0.471. The normalized spacial score (nSPS) is 14.9. The van der Waals surface area contributed by atoms with Crippen LogP contribution >= 0.6 is 0 Å². The lowest BCUT2D eigenvalue weighted by Gasteiger charge is -2.19. The van der Waals surface area contributed by atoms with Gasteiger partial charge in [0.15, 0.2) is 0 Å². The molecular weight excluding hydrogens is 356 g/mol. The van der Waals surface area contributed by atoms with Crippen LogP contribution in [0.25, 0.3) is 0 Å². The Morgan fingerprint density at radius 1 is 1.26 bits per heavy atom. The lowest BCUT2D eigenvalue weighted by Crippen LogP contribution is -2.39. The Hall–Kier alpha value is -3.17. The molecule has 10 nitrogen and oxygen atoms in total. The maximum Gasteiger partial charge on any atom is 0.303 e. The van der Waals surface area contributed by atoms with E-state index in [-0.39, 0.29) is 22.5 Å². The van der Waals surface area contributed by atoms with Crippen molar-refractivity contribution in [2.24, 2.45) is 5.28 Å². The first-order valence-corrected chi connectivity index (χ1v) is 8.56. The number of aliphatic carboxylic acids is 1. The number of carboxylic acid groups (broad SMARTS) is 1. The molecule has 1 aromatic carbocycles. The number of carboxylic acids is 1. The summed E-state index contributed by atoms with van der Waals surface area (Å²) in [5.41, 5.74) is 0.575. The highest BCUT2D eigenvalue weighted by Crippen LogP contribution is 2.24. The van der Waals surface area contributed by atoms with Crippen molar-refractivity contribution in [2.75, 3.05) is 13.6 Å². The predicted molar refractivity (Wildman–Crippen MR) is 92.3 cm³/mol. The number of rotatable bonds is 10. The van der Waals surface area contributed by atoms with Crippen molar-refractivity contribution in [1.29, 1.82) is 0 Å². The number of carbonyl (C=O) groups is 3. The molecule has 0 fully saturated rings. The summed E-state index contributed by atoms with van der Waals surface area (Å²) in [6.45, 7) is 1.81. The number of carbonyl (C=O) groups excluding carboxylic acids is 2. The van der Waals surface area contributed by atoms with Crippen LogP contribution in [0.15, 0.2) is 29.5 Å². The number of benzene rings is 1. The molecule has 10 heteroatoms. The average Bonchev–Trinajstić information content (AvgIpc) is 2.90. The van der Waals surface area contributed by atoms with Crippen LogP contribution in [0.4, 0.5) is 0 Å². The Morgan fingerprint density at radius 2 is 1.85 bits per heavy atom. The third-order valence-corrected chi connectivity index (χ3v) is 4.12. The Balaban J connectivity index is 1.85. The second-order valence-electron chi connectivity index (χ2n) is 6.15. The van der Waals surface area contributed by atoms with Gasteiger partial charge in [-0.05, 0) is 31.9 Å². The van der Waals surface area contributed by atoms with Gasteiger partial charge < -0.3 is 15.2 Å². The van der Waals surface area contributed by atoms with Gasteiger partial charge >= 0.3 is 5.97 Å². The summed E-state index contributed by atoms with van der Waals surface area (Å²) in [7, 11) is 1.50. The van der Waals surface area contributed by atoms with Crippen molar-refractivity contribution >= 4 is 17.8 Å². The van der Waals surface area contributed by atoms with E-state index in [1.165, 1.54) is 19.0 Å². The minimum absolute atomic E-state index is 0.0933. The molecule has 146 valence electrons.